The van der Waals surface area contributed by atoms with E-state index in [-0.39, 0.29) is 58.5 Å². The first kappa shape index (κ1) is 111. The Labute approximate surface area is 86.9 Å². The third-order valence-corrected chi connectivity index (χ3v) is 0. The summed E-state index contributed by atoms with van der Waals surface area (Å²) in [7, 11) is -4.92. The smallest absolute Gasteiger partial charge is 0.215 e. The maximum absolute atomic E-state index is 8.63. The largest absolute Gasteiger partial charge is 0.726 e. The number of hydrogen-bond acceptors (Lipinski definition) is 4. The van der Waals surface area contributed by atoms with Crippen molar-refractivity contribution in [1.29, 1.82) is 0 Å². The van der Waals surface area contributed by atoms with Gasteiger partial charge in [-0.25, -0.2) is 8.42 Å². The van der Waals surface area contributed by atoms with Gasteiger partial charge in [-0.05, 0) is 0 Å². The first-order valence-corrected chi connectivity index (χ1v) is 2.05. The Morgan fingerprint density at radius 1 is 0.846 bits per heavy atom. The van der Waals surface area contributed by atoms with Gasteiger partial charge in [-0.15, -0.1) is 0 Å². The molecular weight excluding hydrogens is 271 g/mol. The van der Waals surface area contributed by atoms with E-state index < -0.39 is 10.4 Å². The third kappa shape index (κ3) is 28000. The minimum Gasteiger partial charge on any atom is -0.726 e. The quantitative estimate of drug-likeness (QED) is 0.249. The fourth-order valence-electron chi connectivity index (χ4n) is 0. The van der Waals surface area contributed by atoms with Gasteiger partial charge in [-0.3, -0.25) is 4.55 Å². The van der Waals surface area contributed by atoms with Gasteiger partial charge in [-0.1, -0.05) is 0 Å². The first-order chi connectivity index (χ1) is 2.00. The van der Waals surface area contributed by atoms with Crippen LogP contribution in [0.15, 0.2) is 0 Å². The second kappa shape index (κ2) is 39.8. The normalized spacial score (nSPS) is 4.46. The van der Waals surface area contributed by atoms with E-state index in [0.29, 0.717) is 0 Å². The summed E-state index contributed by atoms with van der Waals surface area (Å²) < 4.78 is 32.8. The van der Waals surface area contributed by atoms with Crippen molar-refractivity contribution in [2.24, 2.45) is 0 Å². The summed E-state index contributed by atoms with van der Waals surface area (Å²) in [5.74, 6) is 0. The van der Waals surface area contributed by atoms with Crippen molar-refractivity contribution >= 4 is 10.4 Å². The maximum atomic E-state index is 8.63. The molecule has 90 valence electrons. The molecule has 0 saturated carbocycles. The van der Waals surface area contributed by atoms with Gasteiger partial charge in [0, 0.05) is 19.5 Å². The predicted octanol–water partition coefficient (Wildman–Crippen LogP) is -5.78. The molecule has 0 spiro atoms. The van der Waals surface area contributed by atoms with E-state index in [1.165, 1.54) is 0 Å². The van der Waals surface area contributed by atoms with E-state index >= 15 is 0 Å². The van der Waals surface area contributed by atoms with Crippen LogP contribution in [0.4, 0.5) is 0 Å². The van der Waals surface area contributed by atoms with Crippen molar-refractivity contribution in [3.05, 3.63) is 0 Å². The topological polar surface area (TPSA) is 301 Å². The van der Waals surface area contributed by atoms with Gasteiger partial charge in [0.05, 0.1) is 0 Å². The van der Waals surface area contributed by atoms with Crippen LogP contribution in [0.5, 0.6) is 0 Å². The van der Waals surface area contributed by atoms with E-state index in [4.69, 9.17) is 17.5 Å². The fraction of sp³-hybridized carbons (Fsp3) is 0. The zero-order valence-electron chi connectivity index (χ0n) is 6.49. The number of hydrogen-bond donors (Lipinski definition) is 2. The molecule has 11 nitrogen and oxygen atoms in total. The van der Waals surface area contributed by atoms with Gasteiger partial charge in [0.15, 0.2) is 0 Å². The molecule has 0 aromatic heterocycles. The van der Waals surface area contributed by atoms with Crippen molar-refractivity contribution in [3.8, 4) is 0 Å². The van der Waals surface area contributed by atoms with Crippen LogP contribution in [0.3, 0.4) is 0 Å². The molecular formula is H16NO10SZn-. The van der Waals surface area contributed by atoms with Crippen LogP contribution in [-0.4, -0.2) is 50.4 Å². The van der Waals surface area contributed by atoms with Gasteiger partial charge in [0.25, 0.3) is 0 Å². The van der Waals surface area contributed by atoms with Crippen LogP contribution >= 0.6 is 0 Å². The van der Waals surface area contributed by atoms with E-state index in [9.17, 15) is 0 Å². The van der Waals surface area contributed by atoms with Crippen LogP contribution in [-0.2, 0) is 29.9 Å². The summed E-state index contributed by atoms with van der Waals surface area (Å²) in [6.45, 7) is 0. The zero-order chi connectivity index (χ0) is 4.50. The molecule has 0 bridgehead atoms. The summed E-state index contributed by atoms with van der Waals surface area (Å²) in [6.07, 6.45) is 0. The minimum absolute atomic E-state index is 0. The Morgan fingerprint density at radius 2 is 0.846 bits per heavy atom. The third-order valence-electron chi connectivity index (χ3n) is 0. The van der Waals surface area contributed by atoms with Crippen LogP contribution in [0.25, 0.3) is 0 Å². The molecule has 0 aromatic carbocycles. The fourth-order valence-corrected chi connectivity index (χ4v) is 0. The van der Waals surface area contributed by atoms with E-state index in [0.717, 1.165) is 0 Å². The molecule has 0 aromatic rings. The standard InChI is InChI=1S/H3N.H2O4S.6H2O.Zn/c;1-5(2,3)4;;;;;;;/h1H3;(H2,1,2,3,4);6*1H2;/p-1. The average Bonchev–Trinajstić information content (AvgIpc) is 0.722. The Morgan fingerprint density at radius 3 is 0.846 bits per heavy atom. The predicted molar refractivity (Wildman–Crippen MR) is 39.0 cm³/mol. The molecule has 13 heavy (non-hydrogen) atoms. The molecule has 0 rings (SSSR count). The van der Waals surface area contributed by atoms with Crippen LogP contribution in [0.1, 0.15) is 0 Å². The molecule has 0 unspecified atom stereocenters. The van der Waals surface area contributed by atoms with Crippen LogP contribution in [0, 0.1) is 0 Å². The molecule has 0 atom stereocenters. The van der Waals surface area contributed by atoms with E-state index in [1.807, 2.05) is 0 Å². The molecule has 0 saturated heterocycles. The van der Waals surface area contributed by atoms with Gasteiger partial charge >= 0.3 is 0 Å². The first-order valence-electron chi connectivity index (χ1n) is 0.683. The minimum atomic E-state index is -4.92. The maximum Gasteiger partial charge on any atom is 0.215 e. The molecule has 0 aliphatic carbocycles. The van der Waals surface area contributed by atoms with Gasteiger partial charge < -0.3 is 43.6 Å². The van der Waals surface area contributed by atoms with Crippen molar-refractivity contribution in [2.75, 3.05) is 0 Å². The molecule has 0 amide bonds. The second-order valence-corrected chi connectivity index (χ2v) is 1.28. The second-order valence-electron chi connectivity index (χ2n) is 0.428. The Kier molecular flexibility index (Phi) is 340. The average molecular weight is 288 g/mol. The van der Waals surface area contributed by atoms with Crippen molar-refractivity contribution in [1.82, 2.24) is 6.15 Å². The van der Waals surface area contributed by atoms with Crippen molar-refractivity contribution < 1.29 is 69.9 Å². The summed E-state index contributed by atoms with van der Waals surface area (Å²) >= 11 is 0. The molecule has 0 aliphatic heterocycles. The summed E-state index contributed by atoms with van der Waals surface area (Å²) in [6, 6.07) is 0. The molecule has 0 radical (unpaired) electrons. The summed E-state index contributed by atoms with van der Waals surface area (Å²) in [4.78, 5) is 0. The van der Waals surface area contributed by atoms with Crippen LogP contribution < -0.4 is 6.15 Å². The monoisotopic (exact) mass is 286 g/mol. The van der Waals surface area contributed by atoms with Crippen molar-refractivity contribution in [2.45, 2.75) is 0 Å². The van der Waals surface area contributed by atoms with Gasteiger partial charge in [0.2, 0.25) is 10.4 Å². The van der Waals surface area contributed by atoms with Gasteiger partial charge in [-0.2, -0.15) is 0 Å². The van der Waals surface area contributed by atoms with Gasteiger partial charge in [0.1, 0.15) is 0 Å². The molecule has 0 heterocycles. The Balaban J connectivity index is -0.00000000286. The van der Waals surface area contributed by atoms with Crippen LogP contribution in [0.2, 0.25) is 0 Å². The molecule has 13 heteroatoms. The molecule has 16 N–H and O–H groups in total. The molecule has 0 aliphatic rings. The van der Waals surface area contributed by atoms with E-state index in [2.05, 4.69) is 0 Å². The Hall–Kier alpha value is 0.213. The zero-order valence-corrected chi connectivity index (χ0v) is 10.3. The van der Waals surface area contributed by atoms with Crippen molar-refractivity contribution in [3.63, 3.8) is 0 Å². The van der Waals surface area contributed by atoms with E-state index in [1.54, 1.807) is 0 Å². The summed E-state index contributed by atoms with van der Waals surface area (Å²) in [5, 5.41) is 0. The summed E-state index contributed by atoms with van der Waals surface area (Å²) in [5.41, 5.74) is 0. The SMILES string of the molecule is N.O.O.O.O.O.O.O=S(=O)([O-])O.[Zn]. The Bertz CT molecular complexity index is 98.1. The molecule has 0 fully saturated rings. The number of rotatable bonds is 0.